The fourth-order valence-corrected chi connectivity index (χ4v) is 3.35. The number of hydrogen-bond donors (Lipinski definition) is 2. The minimum atomic E-state index is -0.299. The van der Waals surface area contributed by atoms with Crippen LogP contribution in [0.25, 0.3) is 11.4 Å². The number of aliphatic imine (C=N–C) groups is 1. The van der Waals surface area contributed by atoms with Gasteiger partial charge in [-0.05, 0) is 36.4 Å². The Morgan fingerprint density at radius 1 is 1.07 bits per heavy atom. The number of hydrogen-bond acceptors (Lipinski definition) is 6. The van der Waals surface area contributed by atoms with Gasteiger partial charge < -0.3 is 10.8 Å². The lowest BCUT2D eigenvalue weighted by atomic mass is 9.87. The van der Waals surface area contributed by atoms with Gasteiger partial charge in [-0.2, -0.15) is 5.10 Å². The van der Waals surface area contributed by atoms with E-state index >= 15 is 0 Å². The first-order chi connectivity index (χ1) is 13.6. The Labute approximate surface area is 177 Å². The molecule has 2 heterocycles. The molecule has 4 rings (SSSR count). The maximum atomic E-state index is 9.81. The zero-order valence-electron chi connectivity index (χ0n) is 16.0. The summed E-state index contributed by atoms with van der Waals surface area (Å²) in [5, 5.41) is 19.2. The van der Waals surface area contributed by atoms with Crippen LogP contribution in [-0.2, 0) is 0 Å². The van der Waals surface area contributed by atoms with Crippen molar-refractivity contribution in [1.82, 2.24) is 14.9 Å². The maximum absolute atomic E-state index is 9.81. The molecule has 9 heteroatoms. The highest BCUT2D eigenvalue weighted by atomic mass is 35.5. The van der Waals surface area contributed by atoms with Crippen molar-refractivity contribution in [3.8, 4) is 17.1 Å². The van der Waals surface area contributed by atoms with Gasteiger partial charge in [-0.25, -0.2) is 9.98 Å². The predicted molar refractivity (Wildman–Crippen MR) is 116 cm³/mol. The van der Waals surface area contributed by atoms with Gasteiger partial charge in [-0.15, -0.1) is 9.89 Å². The fourth-order valence-electron chi connectivity index (χ4n) is 2.88. The Bertz CT molecular complexity index is 1150. The van der Waals surface area contributed by atoms with Gasteiger partial charge in [0.1, 0.15) is 5.71 Å². The molecule has 1 aromatic heterocycles. The van der Waals surface area contributed by atoms with Gasteiger partial charge in [0.05, 0.1) is 21.4 Å². The quantitative estimate of drug-likeness (QED) is 0.565. The monoisotopic (exact) mass is 428 g/mol. The Kier molecular flexibility index (Phi) is 4.59. The van der Waals surface area contributed by atoms with E-state index in [2.05, 4.69) is 15.2 Å². The molecule has 1 aliphatic rings. The molecule has 0 fully saturated rings. The first kappa shape index (κ1) is 19.4. The number of nitrogens with two attached hydrogens (primary N) is 1. The van der Waals surface area contributed by atoms with Crippen LogP contribution >= 0.6 is 23.2 Å². The van der Waals surface area contributed by atoms with Gasteiger partial charge in [0, 0.05) is 16.7 Å². The summed E-state index contributed by atoms with van der Waals surface area (Å²) in [6.07, 6.45) is 0. The topological polar surface area (TPSA) is 102 Å². The summed E-state index contributed by atoms with van der Waals surface area (Å²) in [4.78, 5) is 10.8. The lowest BCUT2D eigenvalue weighted by Gasteiger charge is -2.18. The van der Waals surface area contributed by atoms with E-state index in [1.165, 1.54) is 16.9 Å². The van der Waals surface area contributed by atoms with Crippen LogP contribution in [0, 0.1) is 5.41 Å². The van der Waals surface area contributed by atoms with Crippen molar-refractivity contribution >= 4 is 46.0 Å². The Morgan fingerprint density at radius 3 is 2.28 bits per heavy atom. The van der Waals surface area contributed by atoms with Crippen LogP contribution < -0.4 is 5.73 Å². The number of anilines is 1. The minimum Gasteiger partial charge on any atom is -0.505 e. The van der Waals surface area contributed by atoms with Crippen molar-refractivity contribution in [3.63, 3.8) is 0 Å². The van der Waals surface area contributed by atoms with Crippen molar-refractivity contribution in [2.45, 2.75) is 20.8 Å². The van der Waals surface area contributed by atoms with Crippen LogP contribution in [0.5, 0.6) is 5.75 Å². The van der Waals surface area contributed by atoms with Gasteiger partial charge in [0.2, 0.25) is 5.82 Å². The molecule has 0 radical (unpaired) electrons. The van der Waals surface area contributed by atoms with E-state index in [9.17, 15) is 5.11 Å². The van der Waals surface area contributed by atoms with Crippen molar-refractivity contribution < 1.29 is 5.11 Å². The highest BCUT2D eigenvalue weighted by molar-refractivity contribution is 6.50. The van der Waals surface area contributed by atoms with Crippen molar-refractivity contribution in [2.75, 3.05) is 5.73 Å². The van der Waals surface area contributed by atoms with E-state index < -0.39 is 0 Å². The molecule has 148 valence electrons. The number of benzene rings is 2. The van der Waals surface area contributed by atoms with Crippen LogP contribution in [0.1, 0.15) is 26.6 Å². The van der Waals surface area contributed by atoms with Crippen molar-refractivity contribution in [2.24, 2.45) is 15.5 Å². The number of nitrogen functional groups attached to an aromatic ring is 1. The van der Waals surface area contributed by atoms with E-state index in [0.717, 1.165) is 11.3 Å². The standard InChI is InChI=1S/C20H18Cl2N6O/c1-20(2,3)17-15(24-12-8-13(21)16(29)14(22)9-12)19-25-18(27-28(19)26-17)10-4-6-11(23)7-5-10/h4-9,29H,23H2,1-3H3. The summed E-state index contributed by atoms with van der Waals surface area (Å²) in [5.74, 6) is 0.857. The smallest absolute Gasteiger partial charge is 0.204 e. The number of phenols is 1. The molecule has 1 aliphatic heterocycles. The third-order valence-corrected chi connectivity index (χ3v) is 4.92. The Hall–Kier alpha value is -2.90. The van der Waals surface area contributed by atoms with Gasteiger partial charge >= 0.3 is 0 Å². The first-order valence-electron chi connectivity index (χ1n) is 8.83. The molecular formula is C20H18Cl2N6O. The summed E-state index contributed by atoms with van der Waals surface area (Å²) in [5.41, 5.74) is 8.74. The Morgan fingerprint density at radius 2 is 1.69 bits per heavy atom. The van der Waals surface area contributed by atoms with Crippen LogP contribution in [0.4, 0.5) is 11.4 Å². The second kappa shape index (κ2) is 6.86. The first-order valence-corrected chi connectivity index (χ1v) is 9.59. The summed E-state index contributed by atoms with van der Waals surface area (Å²) < 4.78 is 0. The van der Waals surface area contributed by atoms with E-state index in [1.807, 2.05) is 32.9 Å². The number of phenolic OH excluding ortho intramolecular Hbond substituents is 1. The van der Waals surface area contributed by atoms with Gasteiger partial charge in [0.25, 0.3) is 0 Å². The number of aromatic nitrogens is 3. The van der Waals surface area contributed by atoms with Crippen LogP contribution in [-0.4, -0.2) is 31.4 Å². The van der Waals surface area contributed by atoms with Gasteiger partial charge in [-0.3, -0.25) is 0 Å². The molecule has 0 amide bonds. The van der Waals surface area contributed by atoms with Crippen LogP contribution in [0.2, 0.25) is 10.0 Å². The fraction of sp³-hybridized carbons (Fsp3) is 0.200. The Balaban J connectivity index is 1.85. The number of aromatic hydroxyl groups is 1. The van der Waals surface area contributed by atoms with E-state index in [4.69, 9.17) is 33.9 Å². The summed E-state index contributed by atoms with van der Waals surface area (Å²) >= 11 is 12.1. The summed E-state index contributed by atoms with van der Waals surface area (Å²) in [6, 6.07) is 10.4. The number of rotatable bonds is 2. The second-order valence-electron chi connectivity index (χ2n) is 7.69. The largest absolute Gasteiger partial charge is 0.505 e. The molecule has 3 N–H and O–H groups in total. The molecule has 0 atom stereocenters. The van der Waals surface area contributed by atoms with Crippen molar-refractivity contribution in [1.29, 1.82) is 0 Å². The number of halogens is 2. The average Bonchev–Trinajstić information content (AvgIpc) is 3.19. The van der Waals surface area contributed by atoms with E-state index in [-0.39, 0.29) is 21.2 Å². The molecule has 2 aromatic carbocycles. The summed E-state index contributed by atoms with van der Waals surface area (Å²) in [6.45, 7) is 6.10. The molecule has 0 bridgehead atoms. The van der Waals surface area contributed by atoms with Gasteiger partial charge in [0.15, 0.2) is 11.6 Å². The molecule has 0 saturated heterocycles. The third-order valence-electron chi connectivity index (χ3n) is 4.34. The maximum Gasteiger partial charge on any atom is 0.204 e. The average molecular weight is 429 g/mol. The number of fused-ring (bicyclic) bond motifs is 1. The SMILES string of the molecule is CC(C)(C)C1=Nn2nc(-c3ccc(N)cc3)nc2C1=Nc1cc(Cl)c(O)c(Cl)c1. The van der Waals surface area contributed by atoms with E-state index in [1.54, 1.807) is 12.1 Å². The minimum absolute atomic E-state index is 0.119. The lowest BCUT2D eigenvalue weighted by Crippen LogP contribution is -2.27. The van der Waals surface area contributed by atoms with Gasteiger partial charge in [-0.1, -0.05) is 44.0 Å². The normalized spacial score (nSPS) is 14.9. The highest BCUT2D eigenvalue weighted by Gasteiger charge is 2.35. The molecule has 0 saturated carbocycles. The van der Waals surface area contributed by atoms with Crippen LogP contribution in [0.3, 0.4) is 0 Å². The summed E-state index contributed by atoms with van der Waals surface area (Å²) in [7, 11) is 0. The zero-order chi connectivity index (χ0) is 20.9. The molecular weight excluding hydrogens is 411 g/mol. The molecule has 3 aromatic rings. The second-order valence-corrected chi connectivity index (χ2v) is 8.50. The molecule has 0 aliphatic carbocycles. The van der Waals surface area contributed by atoms with Crippen molar-refractivity contribution in [3.05, 3.63) is 52.3 Å². The molecule has 0 unspecified atom stereocenters. The molecule has 29 heavy (non-hydrogen) atoms. The molecule has 7 nitrogen and oxygen atoms in total. The van der Waals surface area contributed by atoms with E-state index in [0.29, 0.717) is 28.7 Å². The third kappa shape index (κ3) is 3.59. The van der Waals surface area contributed by atoms with Crippen LogP contribution in [0.15, 0.2) is 46.5 Å². The predicted octanol–water partition coefficient (Wildman–Crippen LogP) is 4.92. The highest BCUT2D eigenvalue weighted by Crippen LogP contribution is 2.37. The number of nitrogens with zero attached hydrogens (tertiary/aromatic N) is 5. The molecule has 0 spiro atoms. The zero-order valence-corrected chi connectivity index (χ0v) is 17.5. The lowest BCUT2D eigenvalue weighted by molar-refractivity contribution is 0.476.